The molecule has 1 heterocycles. The Hall–Kier alpha value is -0.970. The molecule has 0 amide bonds. The van der Waals surface area contributed by atoms with Gasteiger partial charge in [0, 0.05) is 39.4 Å². The number of nitrogens with one attached hydrogen (secondary N) is 2. The molecule has 0 bridgehead atoms. The molecule has 1 fully saturated rings. The first-order valence-electron chi connectivity index (χ1n) is 10.4. The number of hydrogen-bond acceptors (Lipinski definition) is 4. The largest absolute Gasteiger partial charge is 0.382 e. The van der Waals surface area contributed by atoms with Crippen LogP contribution in [0.5, 0.6) is 0 Å². The van der Waals surface area contributed by atoms with Gasteiger partial charge in [0.1, 0.15) is 5.82 Å². The first kappa shape index (κ1) is 26.1. The third-order valence-electron chi connectivity index (χ3n) is 4.70. The molecule has 6 nitrogen and oxygen atoms in total. The summed E-state index contributed by atoms with van der Waals surface area (Å²) in [6, 6.07) is 6.88. The van der Waals surface area contributed by atoms with Gasteiger partial charge in [0.05, 0.1) is 25.8 Å². The Balaban J connectivity index is 0.00000420. The number of ether oxygens (including phenoxy) is 2. The first-order valence-corrected chi connectivity index (χ1v) is 10.4. The average molecular weight is 522 g/mol. The van der Waals surface area contributed by atoms with Gasteiger partial charge in [0.2, 0.25) is 0 Å². The monoisotopic (exact) mass is 522 g/mol. The van der Waals surface area contributed by atoms with Gasteiger partial charge in [0.15, 0.2) is 5.96 Å². The summed E-state index contributed by atoms with van der Waals surface area (Å²) in [6.07, 6.45) is 2.06. The van der Waals surface area contributed by atoms with Crippen LogP contribution in [0.25, 0.3) is 0 Å². The Morgan fingerprint density at radius 3 is 2.72 bits per heavy atom. The zero-order valence-electron chi connectivity index (χ0n) is 17.7. The molecule has 0 aromatic heterocycles. The van der Waals surface area contributed by atoms with E-state index in [1.807, 2.05) is 13.0 Å². The van der Waals surface area contributed by atoms with E-state index in [1.54, 1.807) is 12.1 Å². The molecule has 166 valence electrons. The van der Waals surface area contributed by atoms with Crippen molar-refractivity contribution in [3.05, 3.63) is 35.6 Å². The lowest BCUT2D eigenvalue weighted by atomic mass is 10.0. The number of morpholine rings is 1. The fourth-order valence-corrected chi connectivity index (χ4v) is 3.23. The van der Waals surface area contributed by atoms with Crippen LogP contribution >= 0.6 is 24.0 Å². The molecule has 0 aliphatic carbocycles. The van der Waals surface area contributed by atoms with Crippen LogP contribution in [0.3, 0.4) is 0 Å². The fourth-order valence-electron chi connectivity index (χ4n) is 3.23. The molecule has 0 saturated carbocycles. The highest BCUT2D eigenvalue weighted by atomic mass is 127. The minimum atomic E-state index is -0.209. The summed E-state index contributed by atoms with van der Waals surface area (Å²) < 4.78 is 24.6. The van der Waals surface area contributed by atoms with E-state index < -0.39 is 0 Å². The lowest BCUT2D eigenvalue weighted by Crippen LogP contribution is -2.42. The van der Waals surface area contributed by atoms with Crippen LogP contribution in [0.15, 0.2) is 29.3 Å². The smallest absolute Gasteiger partial charge is 0.191 e. The number of rotatable bonds is 11. The summed E-state index contributed by atoms with van der Waals surface area (Å²) in [5.74, 6) is 0.590. The molecule has 0 radical (unpaired) electrons. The number of nitrogens with zero attached hydrogens (tertiary/aromatic N) is 2. The zero-order chi connectivity index (χ0) is 20.0. The molecule has 2 N–H and O–H groups in total. The van der Waals surface area contributed by atoms with Gasteiger partial charge in [-0.2, -0.15) is 0 Å². The number of aliphatic imine (C=N–C) groups is 1. The van der Waals surface area contributed by atoms with Crippen LogP contribution in [-0.4, -0.2) is 70.0 Å². The van der Waals surface area contributed by atoms with E-state index in [4.69, 9.17) is 14.5 Å². The SMILES string of the molecule is CCNC(=NCC(c1cccc(F)c1)N1CCOCC1)NCCCCOCC.I. The lowest BCUT2D eigenvalue weighted by Gasteiger charge is -2.34. The fraction of sp³-hybridized carbons (Fsp3) is 0.667. The van der Waals surface area contributed by atoms with Crippen molar-refractivity contribution in [1.82, 2.24) is 15.5 Å². The molecule has 1 aromatic carbocycles. The summed E-state index contributed by atoms with van der Waals surface area (Å²) in [7, 11) is 0. The van der Waals surface area contributed by atoms with Crippen molar-refractivity contribution < 1.29 is 13.9 Å². The molecule has 0 spiro atoms. The summed E-state index contributed by atoms with van der Waals surface area (Å²) in [5, 5.41) is 6.68. The second kappa shape index (κ2) is 15.8. The van der Waals surface area contributed by atoms with Gasteiger partial charge in [-0.25, -0.2) is 4.39 Å². The zero-order valence-corrected chi connectivity index (χ0v) is 20.0. The molecule has 1 aromatic rings. The number of benzene rings is 1. The van der Waals surface area contributed by atoms with Crippen LogP contribution < -0.4 is 10.6 Å². The minimum Gasteiger partial charge on any atom is -0.382 e. The van der Waals surface area contributed by atoms with Crippen LogP contribution in [0.2, 0.25) is 0 Å². The van der Waals surface area contributed by atoms with Crippen molar-refractivity contribution in [2.75, 3.05) is 59.2 Å². The van der Waals surface area contributed by atoms with Gasteiger partial charge in [-0.3, -0.25) is 9.89 Å². The van der Waals surface area contributed by atoms with Crippen LogP contribution in [-0.2, 0) is 9.47 Å². The molecule has 1 unspecified atom stereocenters. The Morgan fingerprint density at radius 1 is 1.24 bits per heavy atom. The Labute approximate surface area is 191 Å². The Bertz CT molecular complexity index is 586. The highest BCUT2D eigenvalue weighted by Gasteiger charge is 2.23. The maximum absolute atomic E-state index is 13.8. The van der Waals surface area contributed by atoms with E-state index in [9.17, 15) is 4.39 Å². The van der Waals surface area contributed by atoms with E-state index in [0.29, 0.717) is 19.8 Å². The predicted octanol–water partition coefficient (Wildman–Crippen LogP) is 3.19. The van der Waals surface area contributed by atoms with E-state index in [1.165, 1.54) is 6.07 Å². The second-order valence-electron chi connectivity index (χ2n) is 6.77. The maximum Gasteiger partial charge on any atom is 0.191 e. The molecular weight excluding hydrogens is 486 g/mol. The summed E-state index contributed by atoms with van der Waals surface area (Å²) in [6.45, 7) is 10.9. The highest BCUT2D eigenvalue weighted by Crippen LogP contribution is 2.23. The Kier molecular flexibility index (Phi) is 14.2. The van der Waals surface area contributed by atoms with E-state index in [0.717, 1.165) is 63.8 Å². The van der Waals surface area contributed by atoms with E-state index in [2.05, 4.69) is 22.5 Å². The average Bonchev–Trinajstić information content (AvgIpc) is 2.71. The van der Waals surface area contributed by atoms with Gasteiger partial charge < -0.3 is 20.1 Å². The second-order valence-corrected chi connectivity index (χ2v) is 6.77. The van der Waals surface area contributed by atoms with Crippen molar-refractivity contribution in [3.63, 3.8) is 0 Å². The summed E-state index contributed by atoms with van der Waals surface area (Å²) >= 11 is 0. The van der Waals surface area contributed by atoms with Gasteiger partial charge in [0.25, 0.3) is 0 Å². The standard InChI is InChI=1S/C21H35FN4O2.HI/c1-3-23-21(24-10-5-6-13-27-4-2)25-17-20(26-11-14-28-15-12-26)18-8-7-9-19(22)16-18;/h7-9,16,20H,3-6,10-15,17H2,1-2H3,(H2,23,24,25);1H. The molecule has 1 aliphatic heterocycles. The molecule has 8 heteroatoms. The van der Waals surface area contributed by atoms with Gasteiger partial charge >= 0.3 is 0 Å². The van der Waals surface area contributed by atoms with Gasteiger partial charge in [-0.05, 0) is 44.4 Å². The van der Waals surface area contributed by atoms with Gasteiger partial charge in [-0.1, -0.05) is 12.1 Å². The van der Waals surface area contributed by atoms with Gasteiger partial charge in [-0.15, -0.1) is 24.0 Å². The highest BCUT2D eigenvalue weighted by molar-refractivity contribution is 14.0. The first-order chi connectivity index (χ1) is 13.7. The van der Waals surface area contributed by atoms with E-state index in [-0.39, 0.29) is 35.8 Å². The lowest BCUT2D eigenvalue weighted by molar-refractivity contribution is 0.0179. The Morgan fingerprint density at radius 2 is 2.03 bits per heavy atom. The quantitative estimate of drug-likeness (QED) is 0.203. The summed E-state index contributed by atoms with van der Waals surface area (Å²) in [4.78, 5) is 7.11. The predicted molar refractivity (Wildman–Crippen MR) is 127 cm³/mol. The maximum atomic E-state index is 13.8. The number of guanidine groups is 1. The third-order valence-corrected chi connectivity index (χ3v) is 4.70. The van der Waals surface area contributed by atoms with Crippen molar-refractivity contribution in [2.24, 2.45) is 4.99 Å². The minimum absolute atomic E-state index is 0. The van der Waals surface area contributed by atoms with Crippen molar-refractivity contribution in [1.29, 1.82) is 0 Å². The van der Waals surface area contributed by atoms with Crippen molar-refractivity contribution in [2.45, 2.75) is 32.7 Å². The van der Waals surface area contributed by atoms with Crippen molar-refractivity contribution >= 4 is 29.9 Å². The number of unbranched alkanes of at least 4 members (excludes halogenated alkanes) is 1. The van der Waals surface area contributed by atoms with Crippen LogP contribution in [0, 0.1) is 5.82 Å². The molecule has 1 aliphatic rings. The van der Waals surface area contributed by atoms with E-state index >= 15 is 0 Å². The third kappa shape index (κ3) is 10.1. The topological polar surface area (TPSA) is 58.1 Å². The summed E-state index contributed by atoms with van der Waals surface area (Å²) in [5.41, 5.74) is 0.957. The molecule has 1 saturated heterocycles. The van der Waals surface area contributed by atoms with Crippen molar-refractivity contribution in [3.8, 4) is 0 Å². The number of halogens is 2. The normalized spacial score (nSPS) is 16.2. The molecule has 1 atom stereocenters. The molecule has 29 heavy (non-hydrogen) atoms. The van der Waals surface area contributed by atoms with Crippen LogP contribution in [0.1, 0.15) is 38.3 Å². The molecular formula is C21H36FIN4O2. The van der Waals surface area contributed by atoms with Crippen LogP contribution in [0.4, 0.5) is 4.39 Å². The molecule has 2 rings (SSSR count). The number of hydrogen-bond donors (Lipinski definition) is 2.